The molecule has 0 amide bonds. The van der Waals surface area contributed by atoms with Gasteiger partial charge in [-0.15, -0.1) is 0 Å². The van der Waals surface area contributed by atoms with Gasteiger partial charge in [0.2, 0.25) is 0 Å². The van der Waals surface area contributed by atoms with E-state index in [9.17, 15) is 0 Å². The molecule has 5 heteroatoms. The molecule has 0 aromatic carbocycles. The van der Waals surface area contributed by atoms with E-state index >= 15 is 0 Å². The van der Waals surface area contributed by atoms with E-state index in [0.29, 0.717) is 0 Å². The molecule has 2 fully saturated rings. The highest BCUT2D eigenvalue weighted by Crippen LogP contribution is 2.28. The highest BCUT2D eigenvalue weighted by Gasteiger charge is 2.32. The number of hydrogen-bond donors (Lipinski definition) is 1. The van der Waals surface area contributed by atoms with Crippen LogP contribution in [0.25, 0.3) is 0 Å². The van der Waals surface area contributed by atoms with Crippen molar-refractivity contribution in [3.63, 3.8) is 0 Å². The van der Waals surface area contributed by atoms with Crippen molar-refractivity contribution in [2.45, 2.75) is 31.5 Å². The van der Waals surface area contributed by atoms with E-state index in [1.165, 1.54) is 12.8 Å². The van der Waals surface area contributed by atoms with Crippen LogP contribution in [0.2, 0.25) is 0 Å². The Labute approximate surface area is 95.2 Å². The van der Waals surface area contributed by atoms with Crippen molar-refractivity contribution in [3.8, 4) is 0 Å². The number of morpholine rings is 1. The minimum Gasteiger partial charge on any atom is -0.396 e. The third-order valence-corrected chi connectivity index (χ3v) is 3.28. The Balaban J connectivity index is 1.57. The van der Waals surface area contributed by atoms with Gasteiger partial charge in [-0.2, -0.15) is 5.10 Å². The molecule has 16 heavy (non-hydrogen) atoms. The quantitative estimate of drug-likeness (QED) is 0.800. The van der Waals surface area contributed by atoms with E-state index < -0.39 is 0 Å². The number of nitrogen functional groups attached to an aromatic ring is 1. The molecular weight excluding hydrogens is 204 g/mol. The number of ether oxygens (including phenoxy) is 1. The second-order valence-electron chi connectivity index (χ2n) is 4.71. The summed E-state index contributed by atoms with van der Waals surface area (Å²) in [4.78, 5) is 2.54. The zero-order valence-electron chi connectivity index (χ0n) is 9.38. The molecule has 1 aromatic heterocycles. The fraction of sp³-hybridized carbons (Fsp3) is 0.727. The van der Waals surface area contributed by atoms with E-state index in [2.05, 4.69) is 10.00 Å². The van der Waals surface area contributed by atoms with Crippen molar-refractivity contribution in [2.75, 3.05) is 25.4 Å². The van der Waals surface area contributed by atoms with Crippen LogP contribution in [0.3, 0.4) is 0 Å². The van der Waals surface area contributed by atoms with Crippen LogP contribution in [-0.2, 0) is 11.3 Å². The Morgan fingerprint density at radius 2 is 2.38 bits per heavy atom. The predicted molar refractivity (Wildman–Crippen MR) is 61.0 cm³/mol. The normalized spacial score (nSPS) is 27.1. The molecule has 2 heterocycles. The molecule has 1 aliphatic heterocycles. The molecule has 88 valence electrons. The molecule has 1 saturated heterocycles. The second-order valence-corrected chi connectivity index (χ2v) is 4.71. The summed E-state index contributed by atoms with van der Waals surface area (Å²) < 4.78 is 7.63. The average molecular weight is 222 g/mol. The molecular formula is C11H18N4O. The number of hydrogen-bond acceptors (Lipinski definition) is 4. The van der Waals surface area contributed by atoms with Crippen molar-refractivity contribution in [1.82, 2.24) is 14.7 Å². The number of anilines is 1. The summed E-state index contributed by atoms with van der Waals surface area (Å²) >= 11 is 0. The molecule has 1 aliphatic carbocycles. The molecule has 1 saturated carbocycles. The SMILES string of the molecule is Nc1cnn(CC2CN(C3CC3)CCO2)c1. The van der Waals surface area contributed by atoms with Gasteiger partial charge in [0.25, 0.3) is 0 Å². The van der Waals surface area contributed by atoms with Gasteiger partial charge in [0, 0.05) is 25.3 Å². The zero-order chi connectivity index (χ0) is 11.0. The van der Waals surface area contributed by atoms with Crippen molar-refractivity contribution < 1.29 is 4.74 Å². The lowest BCUT2D eigenvalue weighted by atomic mass is 10.2. The number of aromatic nitrogens is 2. The lowest BCUT2D eigenvalue weighted by Crippen LogP contribution is -2.45. The van der Waals surface area contributed by atoms with Gasteiger partial charge in [0.1, 0.15) is 0 Å². The van der Waals surface area contributed by atoms with Crippen molar-refractivity contribution in [3.05, 3.63) is 12.4 Å². The second kappa shape index (κ2) is 4.07. The largest absolute Gasteiger partial charge is 0.396 e. The van der Waals surface area contributed by atoms with Crippen LogP contribution in [-0.4, -0.2) is 46.5 Å². The molecule has 1 unspecified atom stereocenters. The maximum atomic E-state index is 5.76. The molecule has 0 bridgehead atoms. The zero-order valence-corrected chi connectivity index (χ0v) is 9.38. The highest BCUT2D eigenvalue weighted by atomic mass is 16.5. The maximum Gasteiger partial charge on any atom is 0.0898 e. The summed E-state index contributed by atoms with van der Waals surface area (Å²) in [7, 11) is 0. The Morgan fingerprint density at radius 1 is 1.50 bits per heavy atom. The molecule has 0 spiro atoms. The molecule has 3 rings (SSSR count). The molecule has 1 atom stereocenters. The first-order chi connectivity index (χ1) is 7.81. The van der Waals surface area contributed by atoms with Crippen LogP contribution in [0.1, 0.15) is 12.8 Å². The first kappa shape index (κ1) is 10.1. The van der Waals surface area contributed by atoms with Crippen LogP contribution in [0.15, 0.2) is 12.4 Å². The Morgan fingerprint density at radius 3 is 3.06 bits per heavy atom. The highest BCUT2D eigenvalue weighted by molar-refractivity contribution is 5.30. The number of nitrogens with zero attached hydrogens (tertiary/aromatic N) is 3. The van der Waals surface area contributed by atoms with Gasteiger partial charge in [0.05, 0.1) is 31.1 Å². The number of nitrogens with two attached hydrogens (primary N) is 1. The first-order valence-electron chi connectivity index (χ1n) is 5.95. The van der Waals surface area contributed by atoms with Crippen LogP contribution in [0.5, 0.6) is 0 Å². The summed E-state index contributed by atoms with van der Waals surface area (Å²) in [5, 5.41) is 4.19. The van der Waals surface area contributed by atoms with Gasteiger partial charge in [0.15, 0.2) is 0 Å². The van der Waals surface area contributed by atoms with Gasteiger partial charge >= 0.3 is 0 Å². The van der Waals surface area contributed by atoms with Gasteiger partial charge < -0.3 is 10.5 Å². The fourth-order valence-corrected chi connectivity index (χ4v) is 2.31. The van der Waals surface area contributed by atoms with Crippen LogP contribution < -0.4 is 5.73 Å². The van der Waals surface area contributed by atoms with Gasteiger partial charge in [-0.1, -0.05) is 0 Å². The van der Waals surface area contributed by atoms with Crippen molar-refractivity contribution >= 4 is 5.69 Å². The topological polar surface area (TPSA) is 56.3 Å². The van der Waals surface area contributed by atoms with E-state index in [-0.39, 0.29) is 6.10 Å². The minimum absolute atomic E-state index is 0.258. The molecule has 0 radical (unpaired) electrons. The molecule has 5 nitrogen and oxygen atoms in total. The van der Waals surface area contributed by atoms with Crippen LogP contribution >= 0.6 is 0 Å². The molecule has 1 aromatic rings. The minimum atomic E-state index is 0.258. The fourth-order valence-electron chi connectivity index (χ4n) is 2.31. The predicted octanol–water partition coefficient (Wildman–Crippen LogP) is 0.328. The summed E-state index contributed by atoms with van der Waals surface area (Å²) in [5.41, 5.74) is 6.35. The lowest BCUT2D eigenvalue weighted by Gasteiger charge is -2.32. The van der Waals surface area contributed by atoms with Gasteiger partial charge in [-0.05, 0) is 12.8 Å². The Kier molecular flexibility index (Phi) is 2.57. The van der Waals surface area contributed by atoms with E-state index in [1.807, 2.05) is 10.9 Å². The van der Waals surface area contributed by atoms with Crippen LogP contribution in [0.4, 0.5) is 5.69 Å². The summed E-state index contributed by atoms with van der Waals surface area (Å²) in [6.45, 7) is 3.77. The third kappa shape index (κ3) is 2.20. The molecule has 2 aliphatic rings. The van der Waals surface area contributed by atoms with Gasteiger partial charge in [-0.3, -0.25) is 9.58 Å². The average Bonchev–Trinajstić information content (AvgIpc) is 3.05. The standard InChI is InChI=1S/C11H18N4O/c12-9-5-13-15(6-9)8-11-7-14(3-4-16-11)10-1-2-10/h5-6,10-11H,1-4,7-8,12H2. The lowest BCUT2D eigenvalue weighted by molar-refractivity contribution is -0.0403. The van der Waals surface area contributed by atoms with Gasteiger partial charge in [-0.25, -0.2) is 0 Å². The first-order valence-corrected chi connectivity index (χ1v) is 5.95. The summed E-state index contributed by atoms with van der Waals surface area (Å²) in [6, 6.07) is 0.828. The monoisotopic (exact) mass is 222 g/mol. The van der Waals surface area contributed by atoms with E-state index in [4.69, 9.17) is 10.5 Å². The van der Waals surface area contributed by atoms with Crippen molar-refractivity contribution in [1.29, 1.82) is 0 Å². The van der Waals surface area contributed by atoms with E-state index in [0.717, 1.165) is 38.0 Å². The van der Waals surface area contributed by atoms with Crippen LogP contribution in [0, 0.1) is 0 Å². The van der Waals surface area contributed by atoms with Crippen molar-refractivity contribution in [2.24, 2.45) is 0 Å². The van der Waals surface area contributed by atoms with E-state index in [1.54, 1.807) is 6.20 Å². The maximum absolute atomic E-state index is 5.76. The summed E-state index contributed by atoms with van der Waals surface area (Å²) in [6.07, 6.45) is 6.53. The summed E-state index contributed by atoms with van der Waals surface area (Å²) in [5.74, 6) is 0. The number of rotatable bonds is 3. The Hall–Kier alpha value is -1.07. The third-order valence-electron chi connectivity index (χ3n) is 3.28. The molecule has 2 N–H and O–H groups in total. The smallest absolute Gasteiger partial charge is 0.0898 e. The Bertz CT molecular complexity index is 361.